The Hall–Kier alpha value is -0.890. The smallest absolute Gasteiger partial charge is 0.126 e. The first-order valence-electron chi connectivity index (χ1n) is 6.55. The number of nitrogens with one attached hydrogen (secondary N) is 1. The minimum absolute atomic E-state index is 0.0390. The molecule has 2 atom stereocenters. The molecule has 0 aliphatic carbocycles. The van der Waals surface area contributed by atoms with Gasteiger partial charge in [-0.3, -0.25) is 0 Å². The molecule has 1 nitrogen and oxygen atoms in total. The van der Waals surface area contributed by atoms with Crippen molar-refractivity contribution in [1.29, 1.82) is 0 Å². The van der Waals surface area contributed by atoms with E-state index in [4.69, 9.17) is 0 Å². The Balaban J connectivity index is 2.08. The van der Waals surface area contributed by atoms with Gasteiger partial charge in [-0.2, -0.15) is 0 Å². The van der Waals surface area contributed by atoms with E-state index in [0.717, 1.165) is 42.0 Å². The lowest BCUT2D eigenvalue weighted by Gasteiger charge is -2.28. The third-order valence-corrected chi connectivity index (χ3v) is 3.78. The highest BCUT2D eigenvalue weighted by Gasteiger charge is 2.19. The fraction of sp³-hybridized carbons (Fsp3) is 0.600. The van der Waals surface area contributed by atoms with E-state index in [0.29, 0.717) is 6.04 Å². The molecule has 0 amide bonds. The highest BCUT2D eigenvalue weighted by atomic mass is 19.1. The molecule has 1 aliphatic rings. The number of hydrogen-bond donors (Lipinski definition) is 1. The van der Waals surface area contributed by atoms with Crippen LogP contribution in [0.1, 0.15) is 36.5 Å². The van der Waals surface area contributed by atoms with E-state index >= 15 is 0 Å². The van der Waals surface area contributed by atoms with Crippen LogP contribution in [0, 0.1) is 25.6 Å². The van der Waals surface area contributed by atoms with E-state index in [1.54, 1.807) is 6.07 Å². The maximum absolute atomic E-state index is 13.9. The summed E-state index contributed by atoms with van der Waals surface area (Å²) >= 11 is 0. The molecule has 1 aromatic carbocycles. The van der Waals surface area contributed by atoms with Crippen LogP contribution >= 0.6 is 0 Å². The lowest BCUT2D eigenvalue weighted by atomic mass is 9.90. The second kappa shape index (κ2) is 5.18. The van der Waals surface area contributed by atoms with Crippen molar-refractivity contribution in [2.45, 2.75) is 46.1 Å². The summed E-state index contributed by atoms with van der Waals surface area (Å²) < 4.78 is 13.9. The van der Waals surface area contributed by atoms with Crippen molar-refractivity contribution in [2.75, 3.05) is 6.54 Å². The first-order valence-corrected chi connectivity index (χ1v) is 6.55. The summed E-state index contributed by atoms with van der Waals surface area (Å²) in [5.41, 5.74) is 2.99. The van der Waals surface area contributed by atoms with Crippen molar-refractivity contribution in [2.24, 2.45) is 5.92 Å². The number of rotatable bonds is 2. The fourth-order valence-corrected chi connectivity index (χ4v) is 2.68. The van der Waals surface area contributed by atoms with E-state index in [1.165, 1.54) is 6.42 Å². The number of aryl methyl sites for hydroxylation is 2. The molecule has 1 fully saturated rings. The Morgan fingerprint density at radius 1 is 1.29 bits per heavy atom. The second-order valence-electron chi connectivity index (χ2n) is 5.53. The standard InChI is InChI=1S/C15H22FN/c1-10-4-5-13(17-9-10)8-14-12(3)6-11(2)7-15(14)16/h6-7,10,13,17H,4-5,8-9H2,1-3H3. The summed E-state index contributed by atoms with van der Waals surface area (Å²) in [6.07, 6.45) is 3.24. The molecule has 0 aromatic heterocycles. The Morgan fingerprint density at radius 3 is 2.65 bits per heavy atom. The van der Waals surface area contributed by atoms with Crippen molar-refractivity contribution < 1.29 is 4.39 Å². The second-order valence-corrected chi connectivity index (χ2v) is 5.53. The third kappa shape index (κ3) is 3.06. The Morgan fingerprint density at radius 2 is 2.06 bits per heavy atom. The minimum Gasteiger partial charge on any atom is -0.313 e. The van der Waals surface area contributed by atoms with Crippen LogP contribution in [0.4, 0.5) is 4.39 Å². The number of halogens is 1. The van der Waals surface area contributed by atoms with E-state index < -0.39 is 0 Å². The number of benzene rings is 1. The van der Waals surface area contributed by atoms with Crippen LogP contribution in [0.25, 0.3) is 0 Å². The van der Waals surface area contributed by atoms with Crippen LogP contribution in [0.5, 0.6) is 0 Å². The van der Waals surface area contributed by atoms with Gasteiger partial charge in [0.15, 0.2) is 0 Å². The lowest BCUT2D eigenvalue weighted by molar-refractivity contribution is 0.324. The van der Waals surface area contributed by atoms with Crippen LogP contribution < -0.4 is 5.32 Å². The van der Waals surface area contributed by atoms with Gasteiger partial charge in [-0.25, -0.2) is 4.39 Å². The quantitative estimate of drug-likeness (QED) is 0.828. The monoisotopic (exact) mass is 235 g/mol. The first-order chi connectivity index (χ1) is 8.06. The molecular formula is C15H22FN. The summed E-state index contributed by atoms with van der Waals surface area (Å²) in [6, 6.07) is 4.17. The highest BCUT2D eigenvalue weighted by molar-refractivity contribution is 5.32. The van der Waals surface area contributed by atoms with Gasteiger partial charge in [0.2, 0.25) is 0 Å². The molecule has 0 spiro atoms. The van der Waals surface area contributed by atoms with E-state index in [2.05, 4.69) is 18.3 Å². The van der Waals surface area contributed by atoms with Gasteiger partial charge < -0.3 is 5.32 Å². The first kappa shape index (κ1) is 12.6. The predicted molar refractivity (Wildman–Crippen MR) is 69.8 cm³/mol. The van der Waals surface area contributed by atoms with E-state index in [9.17, 15) is 4.39 Å². The van der Waals surface area contributed by atoms with E-state index in [-0.39, 0.29) is 5.82 Å². The average molecular weight is 235 g/mol. The normalized spacial score (nSPS) is 24.9. The Bertz CT molecular complexity index is 369. The van der Waals surface area contributed by atoms with Crippen LogP contribution in [0.15, 0.2) is 12.1 Å². The van der Waals surface area contributed by atoms with Gasteiger partial charge in [-0.15, -0.1) is 0 Å². The molecule has 17 heavy (non-hydrogen) atoms. The topological polar surface area (TPSA) is 12.0 Å². The summed E-state index contributed by atoms with van der Waals surface area (Å²) in [6.45, 7) is 7.29. The molecule has 0 radical (unpaired) electrons. The molecule has 2 heteroatoms. The van der Waals surface area contributed by atoms with Gasteiger partial charge in [0.05, 0.1) is 0 Å². The SMILES string of the molecule is Cc1cc(C)c(CC2CCC(C)CN2)c(F)c1. The van der Waals surface area contributed by atoms with Gasteiger partial charge in [0, 0.05) is 6.04 Å². The summed E-state index contributed by atoms with van der Waals surface area (Å²) in [5.74, 6) is 0.720. The zero-order valence-corrected chi connectivity index (χ0v) is 11.0. The Kier molecular flexibility index (Phi) is 3.82. The average Bonchev–Trinajstić information content (AvgIpc) is 2.26. The largest absolute Gasteiger partial charge is 0.313 e. The molecule has 94 valence electrons. The van der Waals surface area contributed by atoms with Crippen molar-refractivity contribution in [3.05, 3.63) is 34.6 Å². The summed E-state index contributed by atoms with van der Waals surface area (Å²) in [4.78, 5) is 0. The molecule has 1 saturated heterocycles. The zero-order valence-electron chi connectivity index (χ0n) is 11.0. The van der Waals surface area contributed by atoms with Crippen molar-refractivity contribution in [1.82, 2.24) is 5.32 Å². The molecule has 1 heterocycles. The van der Waals surface area contributed by atoms with Gasteiger partial charge in [-0.05, 0) is 68.3 Å². The molecular weight excluding hydrogens is 213 g/mol. The molecule has 0 bridgehead atoms. The number of piperidine rings is 1. The molecule has 1 N–H and O–H groups in total. The maximum atomic E-state index is 13.9. The van der Waals surface area contributed by atoms with Crippen LogP contribution in [-0.4, -0.2) is 12.6 Å². The third-order valence-electron chi connectivity index (χ3n) is 3.78. The Labute approximate surface area is 103 Å². The van der Waals surface area contributed by atoms with Crippen LogP contribution in [0.3, 0.4) is 0 Å². The summed E-state index contributed by atoms with van der Waals surface area (Å²) in [5, 5.41) is 3.52. The molecule has 1 aliphatic heterocycles. The summed E-state index contributed by atoms with van der Waals surface area (Å²) in [7, 11) is 0. The predicted octanol–water partition coefficient (Wildman–Crippen LogP) is 3.37. The fourth-order valence-electron chi connectivity index (χ4n) is 2.68. The van der Waals surface area contributed by atoms with Gasteiger partial charge in [-0.1, -0.05) is 13.0 Å². The van der Waals surface area contributed by atoms with Gasteiger partial charge in [0.1, 0.15) is 5.82 Å². The van der Waals surface area contributed by atoms with Gasteiger partial charge >= 0.3 is 0 Å². The van der Waals surface area contributed by atoms with Gasteiger partial charge in [0.25, 0.3) is 0 Å². The van der Waals surface area contributed by atoms with Crippen molar-refractivity contribution >= 4 is 0 Å². The highest BCUT2D eigenvalue weighted by Crippen LogP contribution is 2.21. The minimum atomic E-state index is -0.0390. The lowest BCUT2D eigenvalue weighted by Crippen LogP contribution is -2.39. The molecule has 2 unspecified atom stereocenters. The molecule has 0 saturated carbocycles. The van der Waals surface area contributed by atoms with Crippen LogP contribution in [0.2, 0.25) is 0 Å². The van der Waals surface area contributed by atoms with Crippen LogP contribution in [-0.2, 0) is 6.42 Å². The number of hydrogen-bond acceptors (Lipinski definition) is 1. The zero-order chi connectivity index (χ0) is 12.4. The van der Waals surface area contributed by atoms with Crippen molar-refractivity contribution in [3.8, 4) is 0 Å². The van der Waals surface area contributed by atoms with E-state index in [1.807, 2.05) is 13.8 Å². The molecule has 2 rings (SSSR count). The maximum Gasteiger partial charge on any atom is 0.126 e. The van der Waals surface area contributed by atoms with Crippen molar-refractivity contribution in [3.63, 3.8) is 0 Å². The molecule has 1 aromatic rings.